The van der Waals surface area contributed by atoms with E-state index < -0.39 is 0 Å². The quantitative estimate of drug-likeness (QED) is 0.896. The summed E-state index contributed by atoms with van der Waals surface area (Å²) in [6.45, 7) is 3.90. The number of hydrogen-bond donors (Lipinski definition) is 2. The van der Waals surface area contributed by atoms with E-state index in [-0.39, 0.29) is 18.4 Å². The summed E-state index contributed by atoms with van der Waals surface area (Å²) in [5.41, 5.74) is 1.04. The molecule has 1 aliphatic heterocycles. The van der Waals surface area contributed by atoms with Crippen LogP contribution in [0, 0.1) is 6.92 Å². The van der Waals surface area contributed by atoms with Crippen LogP contribution < -0.4 is 10.6 Å². The van der Waals surface area contributed by atoms with Gasteiger partial charge in [0.1, 0.15) is 5.82 Å². The second-order valence-corrected chi connectivity index (χ2v) is 5.65. The van der Waals surface area contributed by atoms with E-state index in [0.29, 0.717) is 12.4 Å². The Bertz CT molecular complexity index is 493. The van der Waals surface area contributed by atoms with Gasteiger partial charge in [0.05, 0.1) is 0 Å². The van der Waals surface area contributed by atoms with Crippen LogP contribution in [0.25, 0.3) is 0 Å². The lowest BCUT2D eigenvalue weighted by molar-refractivity contribution is -0.116. The van der Waals surface area contributed by atoms with Crippen LogP contribution in [-0.4, -0.2) is 41.5 Å². The van der Waals surface area contributed by atoms with E-state index in [9.17, 15) is 9.59 Å². The SMILES string of the molecule is Cc1ccc(NC(=O)CCNC(=O)N2CCCCCC2)nc1. The van der Waals surface area contributed by atoms with E-state index in [1.165, 1.54) is 12.8 Å². The predicted molar refractivity (Wildman–Crippen MR) is 85.7 cm³/mol. The van der Waals surface area contributed by atoms with Crippen molar-refractivity contribution < 1.29 is 9.59 Å². The number of aromatic nitrogens is 1. The zero-order valence-corrected chi connectivity index (χ0v) is 13.1. The number of nitrogens with one attached hydrogen (secondary N) is 2. The molecule has 0 atom stereocenters. The fraction of sp³-hybridized carbons (Fsp3) is 0.562. The Morgan fingerprint density at radius 3 is 2.55 bits per heavy atom. The van der Waals surface area contributed by atoms with Crippen LogP contribution in [0.5, 0.6) is 0 Å². The summed E-state index contributed by atoms with van der Waals surface area (Å²) in [6, 6.07) is 3.59. The number of likely N-dealkylation sites (tertiary alicyclic amines) is 1. The Morgan fingerprint density at radius 1 is 1.18 bits per heavy atom. The largest absolute Gasteiger partial charge is 0.337 e. The fourth-order valence-corrected chi connectivity index (χ4v) is 2.42. The number of aryl methyl sites for hydroxylation is 1. The average molecular weight is 304 g/mol. The number of rotatable bonds is 4. The summed E-state index contributed by atoms with van der Waals surface area (Å²) >= 11 is 0. The maximum atomic E-state index is 12.0. The standard InChI is InChI=1S/C16H24N4O2/c1-13-6-7-14(18-12-13)19-15(21)8-9-17-16(22)20-10-4-2-3-5-11-20/h6-7,12H,2-5,8-11H2,1H3,(H,17,22)(H,18,19,21). The molecule has 0 spiro atoms. The summed E-state index contributed by atoms with van der Waals surface area (Å²) in [5.74, 6) is 0.391. The third kappa shape index (κ3) is 5.35. The molecule has 1 fully saturated rings. The molecule has 2 rings (SSSR count). The van der Waals surface area contributed by atoms with Gasteiger partial charge in [0.25, 0.3) is 0 Å². The minimum Gasteiger partial charge on any atom is -0.337 e. The second-order valence-electron chi connectivity index (χ2n) is 5.65. The van der Waals surface area contributed by atoms with Gasteiger partial charge in [-0.3, -0.25) is 4.79 Å². The molecule has 1 aromatic rings. The Labute approximate surface area is 131 Å². The molecule has 3 amide bonds. The lowest BCUT2D eigenvalue weighted by atomic mass is 10.2. The van der Waals surface area contributed by atoms with E-state index in [4.69, 9.17) is 0 Å². The van der Waals surface area contributed by atoms with Crippen LogP contribution in [0.4, 0.5) is 10.6 Å². The normalized spacial score (nSPS) is 15.0. The van der Waals surface area contributed by atoms with Crippen LogP contribution >= 0.6 is 0 Å². The van der Waals surface area contributed by atoms with Gasteiger partial charge in [-0.15, -0.1) is 0 Å². The van der Waals surface area contributed by atoms with Crippen LogP contribution in [0.1, 0.15) is 37.7 Å². The first-order chi connectivity index (χ1) is 10.6. The van der Waals surface area contributed by atoms with Crippen molar-refractivity contribution in [3.05, 3.63) is 23.9 Å². The van der Waals surface area contributed by atoms with Crippen molar-refractivity contribution in [2.45, 2.75) is 39.0 Å². The molecule has 2 heterocycles. The van der Waals surface area contributed by atoms with Gasteiger partial charge in [-0.25, -0.2) is 9.78 Å². The van der Waals surface area contributed by atoms with Crippen molar-refractivity contribution in [3.8, 4) is 0 Å². The Hall–Kier alpha value is -2.11. The zero-order chi connectivity index (χ0) is 15.8. The van der Waals surface area contributed by atoms with Crippen molar-refractivity contribution in [2.24, 2.45) is 0 Å². The van der Waals surface area contributed by atoms with E-state index in [1.54, 1.807) is 12.3 Å². The van der Waals surface area contributed by atoms with Gasteiger partial charge in [-0.1, -0.05) is 18.9 Å². The highest BCUT2D eigenvalue weighted by Gasteiger charge is 2.15. The van der Waals surface area contributed by atoms with Gasteiger partial charge in [0.15, 0.2) is 0 Å². The molecule has 1 aliphatic rings. The molecular formula is C16H24N4O2. The third-order valence-electron chi connectivity index (χ3n) is 3.70. The van der Waals surface area contributed by atoms with Crippen molar-refractivity contribution in [1.82, 2.24) is 15.2 Å². The minimum absolute atomic E-state index is 0.0665. The fourth-order valence-electron chi connectivity index (χ4n) is 2.42. The van der Waals surface area contributed by atoms with Gasteiger partial charge < -0.3 is 15.5 Å². The number of amides is 3. The summed E-state index contributed by atoms with van der Waals surface area (Å²) in [4.78, 5) is 29.8. The van der Waals surface area contributed by atoms with E-state index in [1.807, 2.05) is 17.9 Å². The lowest BCUT2D eigenvalue weighted by Gasteiger charge is -2.20. The van der Waals surface area contributed by atoms with Gasteiger partial charge in [-0.05, 0) is 31.4 Å². The summed E-state index contributed by atoms with van der Waals surface area (Å²) < 4.78 is 0. The number of anilines is 1. The van der Waals surface area contributed by atoms with E-state index >= 15 is 0 Å². The second kappa shape index (κ2) is 8.36. The molecule has 1 aromatic heterocycles. The van der Waals surface area contributed by atoms with Gasteiger partial charge >= 0.3 is 6.03 Å². The highest BCUT2D eigenvalue weighted by molar-refractivity contribution is 5.90. The molecule has 0 bridgehead atoms. The third-order valence-corrected chi connectivity index (χ3v) is 3.70. The maximum absolute atomic E-state index is 12.0. The monoisotopic (exact) mass is 304 g/mol. The summed E-state index contributed by atoms with van der Waals surface area (Å²) in [7, 11) is 0. The smallest absolute Gasteiger partial charge is 0.317 e. The van der Waals surface area contributed by atoms with Gasteiger partial charge in [-0.2, -0.15) is 0 Å². The van der Waals surface area contributed by atoms with Gasteiger partial charge in [0.2, 0.25) is 5.91 Å². The number of urea groups is 1. The Balaban J connectivity index is 1.67. The molecular weight excluding hydrogens is 280 g/mol. The first-order valence-corrected chi connectivity index (χ1v) is 7.90. The predicted octanol–water partition coefficient (Wildman–Crippen LogP) is 2.30. The zero-order valence-electron chi connectivity index (χ0n) is 13.1. The minimum atomic E-state index is -0.146. The number of nitrogens with zero attached hydrogens (tertiary/aromatic N) is 2. The van der Waals surface area contributed by atoms with Crippen LogP contribution in [0.15, 0.2) is 18.3 Å². The van der Waals surface area contributed by atoms with Crippen molar-refractivity contribution in [1.29, 1.82) is 0 Å². The van der Waals surface area contributed by atoms with Crippen LogP contribution in [0.2, 0.25) is 0 Å². The average Bonchev–Trinajstić information content (AvgIpc) is 2.79. The van der Waals surface area contributed by atoms with E-state index in [2.05, 4.69) is 15.6 Å². The number of hydrogen-bond acceptors (Lipinski definition) is 3. The molecule has 1 saturated heterocycles. The molecule has 0 saturated carbocycles. The number of carbonyl (C=O) groups is 2. The number of carbonyl (C=O) groups excluding carboxylic acids is 2. The van der Waals surface area contributed by atoms with Crippen LogP contribution in [0.3, 0.4) is 0 Å². The van der Waals surface area contributed by atoms with Gasteiger partial charge in [0, 0.05) is 32.3 Å². The van der Waals surface area contributed by atoms with Crippen molar-refractivity contribution in [2.75, 3.05) is 25.0 Å². The Kier molecular flexibility index (Phi) is 6.18. The molecule has 6 nitrogen and oxygen atoms in total. The number of pyridine rings is 1. The van der Waals surface area contributed by atoms with E-state index in [0.717, 1.165) is 31.5 Å². The van der Waals surface area contributed by atoms with Crippen molar-refractivity contribution in [3.63, 3.8) is 0 Å². The Morgan fingerprint density at radius 2 is 1.91 bits per heavy atom. The molecule has 0 aliphatic carbocycles. The lowest BCUT2D eigenvalue weighted by Crippen LogP contribution is -2.41. The molecule has 2 N–H and O–H groups in total. The first-order valence-electron chi connectivity index (χ1n) is 7.90. The maximum Gasteiger partial charge on any atom is 0.317 e. The summed E-state index contributed by atoms with van der Waals surface area (Å²) in [5, 5.41) is 5.53. The summed E-state index contributed by atoms with van der Waals surface area (Å²) in [6.07, 6.45) is 6.46. The molecule has 0 aromatic carbocycles. The topological polar surface area (TPSA) is 74.3 Å². The van der Waals surface area contributed by atoms with Crippen molar-refractivity contribution >= 4 is 17.8 Å². The first kappa shape index (κ1) is 16.3. The molecule has 0 radical (unpaired) electrons. The molecule has 22 heavy (non-hydrogen) atoms. The highest BCUT2D eigenvalue weighted by atomic mass is 16.2. The molecule has 6 heteroatoms. The molecule has 0 unspecified atom stereocenters. The molecule has 120 valence electrons. The van der Waals surface area contributed by atoms with Crippen LogP contribution in [-0.2, 0) is 4.79 Å². The highest BCUT2D eigenvalue weighted by Crippen LogP contribution is 2.09.